The molecule has 0 unspecified atom stereocenters. The largest absolute Gasteiger partial charge is 0.354 e. The molecule has 1 aliphatic rings. The first-order valence-corrected chi connectivity index (χ1v) is 11.6. The van der Waals surface area contributed by atoms with E-state index in [4.69, 9.17) is 0 Å². The molecule has 0 aromatic heterocycles. The average molecular weight is 429 g/mol. The van der Waals surface area contributed by atoms with Crippen LogP contribution in [0.25, 0.3) is 0 Å². The number of carbonyl (C=O) groups excluding carboxylic acids is 1. The predicted molar refractivity (Wildman–Crippen MR) is 113 cm³/mol. The van der Waals surface area contributed by atoms with Crippen LogP contribution < -0.4 is 9.62 Å². The van der Waals surface area contributed by atoms with Crippen LogP contribution in [0.15, 0.2) is 24.3 Å². The number of rotatable bonds is 10. The fourth-order valence-corrected chi connectivity index (χ4v) is 4.69. The normalized spacial score (nSPS) is 18.0. The van der Waals surface area contributed by atoms with Crippen molar-refractivity contribution in [3.05, 3.63) is 30.1 Å². The van der Waals surface area contributed by atoms with E-state index >= 15 is 0 Å². The molecule has 1 N–H and O–H groups in total. The highest BCUT2D eigenvalue weighted by Gasteiger charge is 2.27. The molecule has 1 aromatic rings. The van der Waals surface area contributed by atoms with Gasteiger partial charge in [-0.05, 0) is 56.5 Å². The predicted octanol–water partition coefficient (Wildman–Crippen LogP) is 2.21. The second kappa shape index (κ2) is 10.9. The maximum absolute atomic E-state index is 13.2. The van der Waals surface area contributed by atoms with Gasteiger partial charge in [-0.1, -0.05) is 13.3 Å². The van der Waals surface area contributed by atoms with Gasteiger partial charge in [-0.2, -0.15) is 12.7 Å². The van der Waals surface area contributed by atoms with Crippen LogP contribution in [0.1, 0.15) is 39.0 Å². The molecule has 7 nitrogen and oxygen atoms in total. The summed E-state index contributed by atoms with van der Waals surface area (Å²) in [5, 5.41) is 2.81. The SMILES string of the molecule is CC[C@H]1CCCCN1CCCNC(=O)CN(c1ccc(F)cc1)S(=O)(=O)N(C)C. The van der Waals surface area contributed by atoms with E-state index in [9.17, 15) is 17.6 Å². The summed E-state index contributed by atoms with van der Waals surface area (Å²) in [5.74, 6) is -0.853. The number of nitrogens with one attached hydrogen (secondary N) is 1. The first-order chi connectivity index (χ1) is 13.8. The molecule has 0 bridgehead atoms. The molecule has 1 aliphatic heterocycles. The van der Waals surface area contributed by atoms with Crippen molar-refractivity contribution < 1.29 is 17.6 Å². The van der Waals surface area contributed by atoms with Gasteiger partial charge in [0.1, 0.15) is 12.4 Å². The van der Waals surface area contributed by atoms with Gasteiger partial charge in [0.25, 0.3) is 0 Å². The van der Waals surface area contributed by atoms with E-state index in [0.717, 1.165) is 34.5 Å². The first-order valence-electron chi connectivity index (χ1n) is 10.2. The van der Waals surface area contributed by atoms with Gasteiger partial charge in [0.2, 0.25) is 5.91 Å². The summed E-state index contributed by atoms with van der Waals surface area (Å²) in [6, 6.07) is 5.68. The Bertz CT molecular complexity index is 755. The second-order valence-electron chi connectivity index (χ2n) is 7.57. The zero-order chi connectivity index (χ0) is 21.4. The maximum Gasteiger partial charge on any atom is 0.304 e. The Hall–Kier alpha value is -1.71. The third kappa shape index (κ3) is 6.65. The van der Waals surface area contributed by atoms with Crippen LogP contribution in [-0.2, 0) is 15.0 Å². The summed E-state index contributed by atoms with van der Waals surface area (Å²) in [4.78, 5) is 14.9. The lowest BCUT2D eigenvalue weighted by molar-refractivity contribution is -0.119. The van der Waals surface area contributed by atoms with Crippen LogP contribution in [0.5, 0.6) is 0 Å². The van der Waals surface area contributed by atoms with Crippen LogP contribution in [0.4, 0.5) is 10.1 Å². The molecular formula is C20H33FN4O3S. The Labute approximate surface area is 174 Å². The minimum Gasteiger partial charge on any atom is -0.354 e. The molecule has 0 spiro atoms. The van der Waals surface area contributed by atoms with Crippen LogP contribution in [-0.4, -0.2) is 69.8 Å². The summed E-state index contributed by atoms with van der Waals surface area (Å²) < 4.78 is 40.5. The Kier molecular flexibility index (Phi) is 8.85. The Balaban J connectivity index is 1.91. The van der Waals surface area contributed by atoms with Gasteiger partial charge in [-0.15, -0.1) is 0 Å². The number of carbonyl (C=O) groups is 1. The van der Waals surface area contributed by atoms with E-state index in [0.29, 0.717) is 12.6 Å². The van der Waals surface area contributed by atoms with Crippen molar-refractivity contribution in [2.45, 2.75) is 45.1 Å². The average Bonchev–Trinajstić information content (AvgIpc) is 2.70. The van der Waals surface area contributed by atoms with Gasteiger partial charge >= 0.3 is 10.2 Å². The van der Waals surface area contributed by atoms with Crippen molar-refractivity contribution in [3.63, 3.8) is 0 Å². The number of hydrogen-bond acceptors (Lipinski definition) is 4. The minimum absolute atomic E-state index is 0.245. The third-order valence-corrected chi connectivity index (χ3v) is 7.13. The molecular weight excluding hydrogens is 395 g/mol. The van der Waals surface area contributed by atoms with E-state index in [1.807, 2.05) is 0 Å². The third-order valence-electron chi connectivity index (χ3n) is 5.31. The van der Waals surface area contributed by atoms with Crippen molar-refractivity contribution in [3.8, 4) is 0 Å². The molecule has 1 saturated heterocycles. The smallest absolute Gasteiger partial charge is 0.304 e. The van der Waals surface area contributed by atoms with E-state index in [-0.39, 0.29) is 18.1 Å². The van der Waals surface area contributed by atoms with E-state index < -0.39 is 16.0 Å². The number of benzene rings is 1. The highest BCUT2D eigenvalue weighted by molar-refractivity contribution is 7.90. The topological polar surface area (TPSA) is 73.0 Å². The van der Waals surface area contributed by atoms with E-state index in [1.54, 1.807) is 0 Å². The highest BCUT2D eigenvalue weighted by atomic mass is 32.2. The van der Waals surface area contributed by atoms with Crippen molar-refractivity contribution in [2.75, 3.05) is 44.6 Å². The summed E-state index contributed by atoms with van der Waals surface area (Å²) in [6.45, 7) is 4.38. The summed E-state index contributed by atoms with van der Waals surface area (Å²) in [5.41, 5.74) is 0.245. The first kappa shape index (κ1) is 23.6. The quantitative estimate of drug-likeness (QED) is 0.580. The number of anilines is 1. The summed E-state index contributed by atoms with van der Waals surface area (Å²) in [6.07, 6.45) is 5.70. The molecule has 29 heavy (non-hydrogen) atoms. The molecule has 9 heteroatoms. The number of hydrogen-bond donors (Lipinski definition) is 1. The van der Waals surface area contributed by atoms with Gasteiger partial charge in [0.05, 0.1) is 5.69 Å². The number of nitrogens with zero attached hydrogens (tertiary/aromatic N) is 3. The van der Waals surface area contributed by atoms with Crippen molar-refractivity contribution in [1.82, 2.24) is 14.5 Å². The Morgan fingerprint density at radius 2 is 1.93 bits per heavy atom. The fourth-order valence-electron chi connectivity index (χ4n) is 3.62. The van der Waals surface area contributed by atoms with Crippen LogP contribution in [0, 0.1) is 5.82 Å². The Morgan fingerprint density at radius 3 is 2.55 bits per heavy atom. The zero-order valence-electron chi connectivity index (χ0n) is 17.6. The number of halogens is 1. The standard InChI is InChI=1S/C20H33FN4O3S/c1-4-18-8-5-6-14-24(18)15-7-13-22-20(26)16-25(29(27,28)23(2)3)19-11-9-17(21)10-12-19/h9-12,18H,4-8,13-16H2,1-3H3,(H,22,26)/t18-/m0/s1. The van der Waals surface area contributed by atoms with E-state index in [1.165, 1.54) is 57.6 Å². The molecule has 1 amide bonds. The number of piperidine rings is 1. The van der Waals surface area contributed by atoms with Crippen molar-refractivity contribution in [2.24, 2.45) is 0 Å². The zero-order valence-corrected chi connectivity index (χ0v) is 18.4. The maximum atomic E-state index is 13.2. The summed E-state index contributed by atoms with van der Waals surface area (Å²) >= 11 is 0. The van der Waals surface area contributed by atoms with Gasteiger partial charge in [0.15, 0.2) is 0 Å². The van der Waals surface area contributed by atoms with Crippen LogP contribution >= 0.6 is 0 Å². The van der Waals surface area contributed by atoms with Crippen molar-refractivity contribution >= 4 is 21.8 Å². The van der Waals surface area contributed by atoms with Crippen LogP contribution in [0.3, 0.4) is 0 Å². The van der Waals surface area contributed by atoms with Gasteiger partial charge in [-0.25, -0.2) is 8.70 Å². The number of likely N-dealkylation sites (tertiary alicyclic amines) is 1. The summed E-state index contributed by atoms with van der Waals surface area (Å²) in [7, 11) is -1.09. The molecule has 0 aliphatic carbocycles. The highest BCUT2D eigenvalue weighted by Crippen LogP contribution is 2.20. The lowest BCUT2D eigenvalue weighted by atomic mass is 10.00. The molecule has 0 saturated carbocycles. The van der Waals surface area contributed by atoms with Gasteiger partial charge in [0, 0.05) is 33.2 Å². The molecule has 1 atom stereocenters. The van der Waals surface area contributed by atoms with Gasteiger partial charge < -0.3 is 10.2 Å². The monoisotopic (exact) mass is 428 g/mol. The van der Waals surface area contributed by atoms with Crippen LogP contribution in [0.2, 0.25) is 0 Å². The molecule has 1 aromatic carbocycles. The molecule has 1 heterocycles. The molecule has 164 valence electrons. The van der Waals surface area contributed by atoms with Crippen molar-refractivity contribution in [1.29, 1.82) is 0 Å². The van der Waals surface area contributed by atoms with Gasteiger partial charge in [-0.3, -0.25) is 4.79 Å². The minimum atomic E-state index is -3.88. The Morgan fingerprint density at radius 1 is 1.24 bits per heavy atom. The molecule has 2 rings (SSSR count). The van der Waals surface area contributed by atoms with E-state index in [2.05, 4.69) is 17.1 Å². The second-order valence-corrected chi connectivity index (χ2v) is 9.64. The number of amides is 1. The fraction of sp³-hybridized carbons (Fsp3) is 0.650. The molecule has 0 radical (unpaired) electrons. The molecule has 1 fully saturated rings. The lowest BCUT2D eigenvalue weighted by Gasteiger charge is -2.35. The lowest BCUT2D eigenvalue weighted by Crippen LogP contribution is -2.46.